The Labute approximate surface area is 168 Å². The van der Waals surface area contributed by atoms with Gasteiger partial charge in [0.15, 0.2) is 0 Å². The normalized spacial score (nSPS) is 10.5. The number of ether oxygens (including phenoxy) is 2. The number of amides is 1. The van der Waals surface area contributed by atoms with Crippen LogP contribution in [0.3, 0.4) is 0 Å². The summed E-state index contributed by atoms with van der Waals surface area (Å²) in [5.41, 5.74) is 2.26. The predicted octanol–water partition coefficient (Wildman–Crippen LogP) is 4.05. The summed E-state index contributed by atoms with van der Waals surface area (Å²) >= 11 is 1.72. The van der Waals surface area contributed by atoms with Crippen molar-refractivity contribution in [1.29, 1.82) is 0 Å². The Hall–Kier alpha value is -2.90. The molecule has 1 amide bonds. The summed E-state index contributed by atoms with van der Waals surface area (Å²) < 4.78 is 10.5. The molecular formula is C21H21N3O3S. The van der Waals surface area contributed by atoms with Crippen LogP contribution in [0.1, 0.15) is 15.9 Å². The summed E-state index contributed by atoms with van der Waals surface area (Å²) in [6.45, 7) is 0.756. The number of pyridine rings is 2. The Morgan fingerprint density at radius 2 is 1.89 bits per heavy atom. The average Bonchev–Trinajstić information content (AvgIpc) is 2.74. The highest BCUT2D eigenvalue weighted by Gasteiger charge is 2.13. The van der Waals surface area contributed by atoms with Gasteiger partial charge in [-0.05, 0) is 48.0 Å². The number of hydrogen-bond donors (Lipinski definition) is 1. The molecule has 0 radical (unpaired) electrons. The second-order valence-corrected chi connectivity index (χ2v) is 6.87. The molecule has 0 bridgehead atoms. The molecule has 3 rings (SSSR count). The van der Waals surface area contributed by atoms with E-state index in [1.54, 1.807) is 43.4 Å². The standard InChI is InChI=1S/C21H21N3O3S/c1-26-12-13-27-21-19(5-3-11-23-21)20(25)24-17-6-8-18(9-7-17)28-15-16-4-2-10-22-14-16/h2-11,14H,12-13,15H2,1H3,(H,24,25). The average molecular weight is 395 g/mol. The Morgan fingerprint density at radius 3 is 2.64 bits per heavy atom. The number of rotatable bonds is 9. The number of carbonyl (C=O) groups excluding carboxylic acids is 1. The molecule has 0 aliphatic heterocycles. The van der Waals surface area contributed by atoms with Gasteiger partial charge in [0.1, 0.15) is 12.2 Å². The van der Waals surface area contributed by atoms with Crippen LogP contribution in [0.2, 0.25) is 0 Å². The van der Waals surface area contributed by atoms with Crippen molar-refractivity contribution in [2.45, 2.75) is 10.6 Å². The molecule has 3 aromatic rings. The van der Waals surface area contributed by atoms with Crippen LogP contribution in [0.15, 0.2) is 72.0 Å². The molecule has 0 fully saturated rings. The van der Waals surface area contributed by atoms with E-state index in [-0.39, 0.29) is 5.91 Å². The van der Waals surface area contributed by atoms with Crippen LogP contribution < -0.4 is 10.1 Å². The van der Waals surface area contributed by atoms with Crippen LogP contribution in [0, 0.1) is 0 Å². The maximum absolute atomic E-state index is 12.6. The van der Waals surface area contributed by atoms with Gasteiger partial charge in [0.2, 0.25) is 5.88 Å². The van der Waals surface area contributed by atoms with Crippen LogP contribution >= 0.6 is 11.8 Å². The van der Waals surface area contributed by atoms with E-state index in [1.807, 2.05) is 36.5 Å². The molecule has 2 heterocycles. The van der Waals surface area contributed by atoms with Gasteiger partial charge in [-0.1, -0.05) is 6.07 Å². The van der Waals surface area contributed by atoms with Crippen molar-refractivity contribution in [1.82, 2.24) is 9.97 Å². The van der Waals surface area contributed by atoms with Crippen LogP contribution in [0.25, 0.3) is 0 Å². The number of hydrogen-bond acceptors (Lipinski definition) is 6. The third-order valence-electron chi connectivity index (χ3n) is 3.78. The Bertz CT molecular complexity index is 889. The van der Waals surface area contributed by atoms with Gasteiger partial charge in [-0.2, -0.15) is 0 Å². The van der Waals surface area contributed by atoms with E-state index in [4.69, 9.17) is 9.47 Å². The Morgan fingerprint density at radius 1 is 1.07 bits per heavy atom. The molecule has 0 spiro atoms. The molecule has 6 nitrogen and oxygen atoms in total. The third-order valence-corrected chi connectivity index (χ3v) is 4.87. The first-order valence-electron chi connectivity index (χ1n) is 8.76. The zero-order chi connectivity index (χ0) is 19.6. The third kappa shape index (κ3) is 5.80. The summed E-state index contributed by atoms with van der Waals surface area (Å²) in [6.07, 6.45) is 5.22. The van der Waals surface area contributed by atoms with Crippen molar-refractivity contribution in [3.63, 3.8) is 0 Å². The molecule has 0 saturated heterocycles. The van der Waals surface area contributed by atoms with Gasteiger partial charge in [-0.3, -0.25) is 9.78 Å². The lowest BCUT2D eigenvalue weighted by molar-refractivity contribution is 0.101. The minimum absolute atomic E-state index is 0.267. The quantitative estimate of drug-likeness (QED) is 0.435. The molecule has 144 valence electrons. The van der Waals surface area contributed by atoms with Crippen LogP contribution in [0.5, 0.6) is 5.88 Å². The lowest BCUT2D eigenvalue weighted by atomic mass is 10.2. The highest BCUT2D eigenvalue weighted by atomic mass is 32.2. The summed E-state index contributed by atoms with van der Waals surface area (Å²) in [4.78, 5) is 22.0. The van der Waals surface area contributed by atoms with Crippen molar-refractivity contribution in [3.8, 4) is 5.88 Å². The van der Waals surface area contributed by atoms with Gasteiger partial charge in [0.25, 0.3) is 5.91 Å². The lowest BCUT2D eigenvalue weighted by Crippen LogP contribution is -2.15. The molecule has 0 unspecified atom stereocenters. The van der Waals surface area contributed by atoms with Gasteiger partial charge >= 0.3 is 0 Å². The number of nitrogens with zero attached hydrogens (tertiary/aromatic N) is 2. The van der Waals surface area contributed by atoms with Crippen LogP contribution in [0.4, 0.5) is 5.69 Å². The second kappa shape index (κ2) is 10.4. The zero-order valence-corrected chi connectivity index (χ0v) is 16.3. The van der Waals surface area contributed by atoms with E-state index in [0.29, 0.717) is 30.3 Å². The molecule has 0 saturated carbocycles. The molecule has 0 atom stereocenters. The minimum atomic E-state index is -0.267. The van der Waals surface area contributed by atoms with Crippen LogP contribution in [-0.4, -0.2) is 36.2 Å². The first-order valence-corrected chi connectivity index (χ1v) is 9.74. The summed E-state index contributed by atoms with van der Waals surface area (Å²) in [5, 5.41) is 2.88. The summed E-state index contributed by atoms with van der Waals surface area (Å²) in [5.74, 6) is 0.870. The number of aromatic nitrogens is 2. The molecule has 2 aromatic heterocycles. The van der Waals surface area contributed by atoms with E-state index < -0.39 is 0 Å². The number of carbonyl (C=O) groups is 1. The smallest absolute Gasteiger partial charge is 0.261 e. The number of thioether (sulfide) groups is 1. The molecule has 7 heteroatoms. The molecule has 0 aliphatic rings. The second-order valence-electron chi connectivity index (χ2n) is 5.83. The van der Waals surface area contributed by atoms with Gasteiger partial charge in [0, 0.05) is 42.0 Å². The minimum Gasteiger partial charge on any atom is -0.475 e. The Balaban J connectivity index is 1.59. The number of nitrogens with one attached hydrogen (secondary N) is 1. The number of methoxy groups -OCH3 is 1. The van der Waals surface area contributed by atoms with Crippen molar-refractivity contribution in [2.24, 2.45) is 0 Å². The lowest BCUT2D eigenvalue weighted by Gasteiger charge is -2.10. The molecule has 1 aromatic carbocycles. The summed E-state index contributed by atoms with van der Waals surface area (Å²) in [7, 11) is 1.59. The maximum atomic E-state index is 12.6. The number of benzene rings is 1. The highest BCUT2D eigenvalue weighted by molar-refractivity contribution is 7.98. The summed E-state index contributed by atoms with van der Waals surface area (Å²) in [6, 6.07) is 15.1. The fourth-order valence-electron chi connectivity index (χ4n) is 2.38. The Kier molecular flexibility index (Phi) is 7.40. The van der Waals surface area contributed by atoms with Crippen LogP contribution in [-0.2, 0) is 10.5 Å². The topological polar surface area (TPSA) is 73.3 Å². The van der Waals surface area contributed by atoms with E-state index in [9.17, 15) is 4.79 Å². The van der Waals surface area contributed by atoms with E-state index in [1.165, 1.54) is 5.56 Å². The molecular weight excluding hydrogens is 374 g/mol. The van der Waals surface area contributed by atoms with Gasteiger partial charge in [-0.25, -0.2) is 4.98 Å². The monoisotopic (exact) mass is 395 g/mol. The first-order chi connectivity index (χ1) is 13.8. The van der Waals surface area contributed by atoms with Crippen molar-refractivity contribution < 1.29 is 14.3 Å². The van der Waals surface area contributed by atoms with E-state index >= 15 is 0 Å². The van der Waals surface area contributed by atoms with Gasteiger partial charge in [0.05, 0.1) is 6.61 Å². The van der Waals surface area contributed by atoms with Crippen molar-refractivity contribution in [3.05, 3.63) is 78.2 Å². The van der Waals surface area contributed by atoms with Gasteiger partial charge in [-0.15, -0.1) is 11.8 Å². The van der Waals surface area contributed by atoms with E-state index in [2.05, 4.69) is 21.4 Å². The fraction of sp³-hybridized carbons (Fsp3) is 0.190. The van der Waals surface area contributed by atoms with E-state index in [0.717, 1.165) is 10.6 Å². The van der Waals surface area contributed by atoms with Crippen molar-refractivity contribution >= 4 is 23.4 Å². The SMILES string of the molecule is COCCOc1ncccc1C(=O)Nc1ccc(SCc2cccnc2)cc1. The number of anilines is 1. The molecule has 1 N–H and O–H groups in total. The molecule has 0 aliphatic carbocycles. The maximum Gasteiger partial charge on any atom is 0.261 e. The van der Waals surface area contributed by atoms with Gasteiger partial charge < -0.3 is 14.8 Å². The van der Waals surface area contributed by atoms with Crippen molar-refractivity contribution in [2.75, 3.05) is 25.6 Å². The largest absolute Gasteiger partial charge is 0.475 e. The highest BCUT2D eigenvalue weighted by Crippen LogP contribution is 2.24. The first kappa shape index (κ1) is 19.9. The molecule has 28 heavy (non-hydrogen) atoms. The zero-order valence-electron chi connectivity index (χ0n) is 15.5. The fourth-order valence-corrected chi connectivity index (χ4v) is 3.22. The predicted molar refractivity (Wildman–Crippen MR) is 110 cm³/mol.